The van der Waals surface area contributed by atoms with Gasteiger partial charge in [0.15, 0.2) is 11.5 Å². The van der Waals surface area contributed by atoms with Gasteiger partial charge in [-0.2, -0.15) is 0 Å². The molecule has 6 nitrogen and oxygen atoms in total. The number of nitrogens with one attached hydrogen (secondary N) is 1. The van der Waals surface area contributed by atoms with Gasteiger partial charge in [-0.05, 0) is 19.1 Å². The molecule has 0 aliphatic rings. The molecule has 1 amide bonds. The van der Waals surface area contributed by atoms with Crippen LogP contribution in [0, 0.1) is 0 Å². The Bertz CT molecular complexity index is 487. The Balaban J connectivity index is 2.05. The number of hydrogen-bond acceptors (Lipinski definition) is 5. The van der Waals surface area contributed by atoms with Crippen molar-refractivity contribution in [1.82, 2.24) is 10.5 Å². The molecule has 0 aliphatic heterocycles. The Labute approximate surface area is 97.2 Å². The van der Waals surface area contributed by atoms with E-state index >= 15 is 0 Å². The molecule has 0 radical (unpaired) electrons. The maximum Gasteiger partial charge on any atom is 0.273 e. The molecule has 6 heteroatoms. The van der Waals surface area contributed by atoms with E-state index in [0.717, 1.165) is 0 Å². The van der Waals surface area contributed by atoms with Gasteiger partial charge in [0.1, 0.15) is 0 Å². The van der Waals surface area contributed by atoms with Crippen LogP contribution in [0.1, 0.15) is 17.4 Å². The molecule has 2 rings (SSSR count). The standard InChI is InChI=1S/C11H12N2O4/c1-7(14)6-12-11(15)8-5-10(17-13-8)9-3-2-4-16-9/h2-5,7,14H,6H2,1H3,(H,12,15)/t7-/m0/s1. The number of carbonyl (C=O) groups excluding carboxylic acids is 1. The molecule has 2 aromatic rings. The maximum absolute atomic E-state index is 11.6. The molecule has 1 atom stereocenters. The fourth-order valence-electron chi connectivity index (χ4n) is 1.25. The van der Waals surface area contributed by atoms with Crippen LogP contribution >= 0.6 is 0 Å². The minimum absolute atomic E-state index is 0.150. The smallest absolute Gasteiger partial charge is 0.273 e. The van der Waals surface area contributed by atoms with Crippen molar-refractivity contribution in [3.8, 4) is 11.5 Å². The average molecular weight is 236 g/mol. The van der Waals surface area contributed by atoms with Crippen LogP contribution in [0.25, 0.3) is 11.5 Å². The first-order valence-corrected chi connectivity index (χ1v) is 5.13. The second-order valence-corrected chi connectivity index (χ2v) is 3.61. The average Bonchev–Trinajstić information content (AvgIpc) is 2.94. The molecule has 0 aliphatic carbocycles. The lowest BCUT2D eigenvalue weighted by molar-refractivity contribution is 0.0915. The lowest BCUT2D eigenvalue weighted by atomic mass is 10.3. The van der Waals surface area contributed by atoms with Gasteiger partial charge in [-0.3, -0.25) is 4.79 Å². The third kappa shape index (κ3) is 2.73. The minimum atomic E-state index is -0.601. The topological polar surface area (TPSA) is 88.5 Å². The van der Waals surface area contributed by atoms with Crippen molar-refractivity contribution >= 4 is 5.91 Å². The summed E-state index contributed by atoms with van der Waals surface area (Å²) in [4.78, 5) is 11.6. The van der Waals surface area contributed by atoms with Gasteiger partial charge < -0.3 is 19.4 Å². The van der Waals surface area contributed by atoms with Crippen molar-refractivity contribution in [2.75, 3.05) is 6.54 Å². The Kier molecular flexibility index (Phi) is 3.24. The van der Waals surface area contributed by atoms with Crippen molar-refractivity contribution in [3.05, 3.63) is 30.2 Å². The second-order valence-electron chi connectivity index (χ2n) is 3.61. The van der Waals surface area contributed by atoms with E-state index < -0.39 is 12.0 Å². The van der Waals surface area contributed by atoms with E-state index in [1.807, 2.05) is 0 Å². The van der Waals surface area contributed by atoms with Crippen LogP contribution in [0.15, 0.2) is 33.4 Å². The van der Waals surface area contributed by atoms with Gasteiger partial charge in [-0.25, -0.2) is 0 Å². The fourth-order valence-corrected chi connectivity index (χ4v) is 1.25. The summed E-state index contributed by atoms with van der Waals surface area (Å²) in [5.41, 5.74) is 0.150. The van der Waals surface area contributed by atoms with E-state index in [-0.39, 0.29) is 12.2 Å². The predicted octanol–water partition coefficient (Wildman–Crippen LogP) is 1.05. The molecule has 0 saturated carbocycles. The van der Waals surface area contributed by atoms with Gasteiger partial charge in [0.25, 0.3) is 5.91 Å². The van der Waals surface area contributed by atoms with Crippen LogP contribution in [0.3, 0.4) is 0 Å². The van der Waals surface area contributed by atoms with Gasteiger partial charge >= 0.3 is 0 Å². The number of aliphatic hydroxyl groups excluding tert-OH is 1. The molecule has 0 saturated heterocycles. The molecule has 2 heterocycles. The molecule has 0 unspecified atom stereocenters. The number of aliphatic hydroxyl groups is 1. The van der Waals surface area contributed by atoms with Gasteiger partial charge in [-0.15, -0.1) is 0 Å². The molecule has 2 N–H and O–H groups in total. The summed E-state index contributed by atoms with van der Waals surface area (Å²) >= 11 is 0. The van der Waals surface area contributed by atoms with Gasteiger partial charge in [0.2, 0.25) is 5.76 Å². The summed E-state index contributed by atoms with van der Waals surface area (Å²) in [7, 11) is 0. The third-order valence-electron chi connectivity index (χ3n) is 2.06. The van der Waals surface area contributed by atoms with Gasteiger partial charge in [0.05, 0.1) is 12.4 Å². The highest BCUT2D eigenvalue weighted by Gasteiger charge is 2.14. The fraction of sp³-hybridized carbons (Fsp3) is 0.273. The van der Waals surface area contributed by atoms with Crippen molar-refractivity contribution < 1.29 is 18.8 Å². The van der Waals surface area contributed by atoms with E-state index in [4.69, 9.17) is 14.0 Å². The number of rotatable bonds is 4. The van der Waals surface area contributed by atoms with E-state index in [1.54, 1.807) is 19.1 Å². The Morgan fingerprint density at radius 1 is 1.59 bits per heavy atom. The third-order valence-corrected chi connectivity index (χ3v) is 2.06. The second kappa shape index (κ2) is 4.84. The molecule has 0 aromatic carbocycles. The predicted molar refractivity (Wildman–Crippen MR) is 58.2 cm³/mol. The van der Waals surface area contributed by atoms with E-state index in [2.05, 4.69) is 10.5 Å². The maximum atomic E-state index is 11.6. The molecular formula is C11H12N2O4. The highest BCUT2D eigenvalue weighted by atomic mass is 16.5. The number of hydrogen-bond donors (Lipinski definition) is 2. The van der Waals surface area contributed by atoms with Crippen LogP contribution in [-0.4, -0.2) is 28.8 Å². The van der Waals surface area contributed by atoms with Crippen LogP contribution < -0.4 is 5.32 Å². The lowest BCUT2D eigenvalue weighted by Crippen LogP contribution is -2.30. The van der Waals surface area contributed by atoms with E-state index in [0.29, 0.717) is 11.5 Å². The number of nitrogens with zero attached hydrogens (tertiary/aromatic N) is 1. The summed E-state index contributed by atoms with van der Waals surface area (Å²) in [5, 5.41) is 15.2. The summed E-state index contributed by atoms with van der Waals surface area (Å²) < 4.78 is 10.1. The molecular weight excluding hydrogens is 224 g/mol. The first-order valence-electron chi connectivity index (χ1n) is 5.13. The summed E-state index contributed by atoms with van der Waals surface area (Å²) in [6, 6.07) is 4.90. The number of furan rings is 1. The Morgan fingerprint density at radius 2 is 2.41 bits per heavy atom. The highest BCUT2D eigenvalue weighted by Crippen LogP contribution is 2.20. The van der Waals surface area contributed by atoms with Crippen molar-refractivity contribution in [1.29, 1.82) is 0 Å². The van der Waals surface area contributed by atoms with Crippen LogP contribution in [0.5, 0.6) is 0 Å². The normalized spacial score (nSPS) is 12.4. The van der Waals surface area contributed by atoms with Crippen molar-refractivity contribution in [2.24, 2.45) is 0 Å². The molecule has 17 heavy (non-hydrogen) atoms. The summed E-state index contributed by atoms with van der Waals surface area (Å²) in [5.74, 6) is 0.497. The van der Waals surface area contributed by atoms with Gasteiger partial charge in [0, 0.05) is 12.6 Å². The zero-order valence-electron chi connectivity index (χ0n) is 9.21. The summed E-state index contributed by atoms with van der Waals surface area (Å²) in [6.07, 6.45) is 0.904. The number of aromatic nitrogens is 1. The number of carbonyl (C=O) groups is 1. The van der Waals surface area contributed by atoms with Crippen LogP contribution in [0.4, 0.5) is 0 Å². The molecule has 2 aromatic heterocycles. The van der Waals surface area contributed by atoms with Crippen LogP contribution in [-0.2, 0) is 0 Å². The zero-order chi connectivity index (χ0) is 12.3. The quantitative estimate of drug-likeness (QED) is 0.828. The van der Waals surface area contributed by atoms with Crippen molar-refractivity contribution in [3.63, 3.8) is 0 Å². The van der Waals surface area contributed by atoms with Crippen LogP contribution in [0.2, 0.25) is 0 Å². The monoisotopic (exact) mass is 236 g/mol. The lowest BCUT2D eigenvalue weighted by Gasteiger charge is -2.03. The molecule has 0 spiro atoms. The Hall–Kier alpha value is -2.08. The molecule has 0 fully saturated rings. The van der Waals surface area contributed by atoms with E-state index in [1.165, 1.54) is 12.3 Å². The van der Waals surface area contributed by atoms with Gasteiger partial charge in [-0.1, -0.05) is 5.16 Å². The first-order chi connectivity index (χ1) is 8.16. The Morgan fingerprint density at radius 3 is 3.06 bits per heavy atom. The number of amides is 1. The van der Waals surface area contributed by atoms with E-state index in [9.17, 15) is 4.79 Å². The summed E-state index contributed by atoms with van der Waals surface area (Å²) in [6.45, 7) is 1.75. The van der Waals surface area contributed by atoms with Crippen molar-refractivity contribution in [2.45, 2.75) is 13.0 Å². The minimum Gasteiger partial charge on any atom is -0.461 e. The first kappa shape index (κ1) is 11.4. The SMILES string of the molecule is C[C@H](O)CNC(=O)c1cc(-c2ccco2)on1. The highest BCUT2D eigenvalue weighted by molar-refractivity contribution is 5.92. The zero-order valence-corrected chi connectivity index (χ0v) is 9.21. The largest absolute Gasteiger partial charge is 0.461 e. The molecule has 90 valence electrons. The molecule has 0 bridgehead atoms.